The van der Waals surface area contributed by atoms with Crippen LogP contribution in [0.25, 0.3) is 28.3 Å². The highest BCUT2D eigenvalue weighted by molar-refractivity contribution is 5.94. The van der Waals surface area contributed by atoms with Crippen LogP contribution in [0.15, 0.2) is 60.8 Å². The van der Waals surface area contributed by atoms with E-state index in [4.69, 9.17) is 4.98 Å². The van der Waals surface area contributed by atoms with Crippen LogP contribution in [0.4, 0.5) is 10.1 Å². The molecule has 11 heteroatoms. The second-order valence-electron chi connectivity index (χ2n) is 10.7. The highest BCUT2D eigenvalue weighted by Crippen LogP contribution is 2.32. The number of aromatic nitrogens is 6. The fourth-order valence-electron chi connectivity index (χ4n) is 5.94. The van der Waals surface area contributed by atoms with E-state index >= 15 is 4.39 Å². The number of fused-ring (bicyclic) bond motifs is 2. The Morgan fingerprint density at radius 1 is 1.05 bits per heavy atom. The van der Waals surface area contributed by atoms with Gasteiger partial charge >= 0.3 is 0 Å². The molecule has 0 radical (unpaired) electrons. The van der Waals surface area contributed by atoms with Crippen LogP contribution in [0, 0.1) is 5.82 Å². The van der Waals surface area contributed by atoms with E-state index in [1.165, 1.54) is 16.4 Å². The Morgan fingerprint density at radius 3 is 2.66 bits per heavy atom. The zero-order valence-corrected chi connectivity index (χ0v) is 22.8. The van der Waals surface area contributed by atoms with E-state index in [0.29, 0.717) is 54.3 Å². The van der Waals surface area contributed by atoms with Crippen LogP contribution < -0.4 is 4.90 Å². The lowest BCUT2D eigenvalue weighted by Gasteiger charge is -2.35. The van der Waals surface area contributed by atoms with E-state index in [-0.39, 0.29) is 17.6 Å². The zero-order chi connectivity index (χ0) is 28.2. The number of β-amino-alcohol motifs (C(OH)–C–C–N with tert-alkyl or cyclic N) is 1. The molecule has 1 N–H and O–H groups in total. The zero-order valence-electron chi connectivity index (χ0n) is 22.8. The highest BCUT2D eigenvalue weighted by Gasteiger charge is 2.30. The molecule has 2 aliphatic heterocycles. The van der Waals surface area contributed by atoms with Gasteiger partial charge in [0.15, 0.2) is 5.65 Å². The van der Waals surface area contributed by atoms with Gasteiger partial charge in [0.05, 0.1) is 29.7 Å². The minimum atomic E-state index is -0.426. The quantitative estimate of drug-likeness (QED) is 0.363. The van der Waals surface area contributed by atoms with Crippen molar-refractivity contribution in [3.8, 4) is 22.6 Å². The first-order chi connectivity index (χ1) is 19.9. The summed E-state index contributed by atoms with van der Waals surface area (Å²) in [6.07, 6.45) is 2.63. The summed E-state index contributed by atoms with van der Waals surface area (Å²) in [6.45, 7) is 3.78. The van der Waals surface area contributed by atoms with Gasteiger partial charge < -0.3 is 14.9 Å². The van der Waals surface area contributed by atoms with Crippen LogP contribution in [-0.4, -0.2) is 71.2 Å². The molecule has 3 aromatic heterocycles. The summed E-state index contributed by atoms with van der Waals surface area (Å²) in [4.78, 5) is 23.8. The molecule has 2 aliphatic rings. The molecule has 0 spiro atoms. The summed E-state index contributed by atoms with van der Waals surface area (Å²) in [5.41, 5.74) is 5.53. The SMILES string of the molecule is C[C@@H]1c2ccccc2CCN1C(=O)c1cc(-c2cnn(C)n2)n2nc(-c3ccc(N4CC[C@H](O)C4)cc3F)cc2n1. The molecular weight excluding hydrogens is 523 g/mol. The number of hydrogen-bond donors (Lipinski definition) is 1. The van der Waals surface area contributed by atoms with E-state index in [1.54, 1.807) is 36.0 Å². The van der Waals surface area contributed by atoms with Crippen molar-refractivity contribution in [3.05, 3.63) is 83.4 Å². The van der Waals surface area contributed by atoms with Gasteiger partial charge in [-0.2, -0.15) is 20.1 Å². The summed E-state index contributed by atoms with van der Waals surface area (Å²) in [6, 6.07) is 16.5. The number of amides is 1. The van der Waals surface area contributed by atoms with Crippen molar-refractivity contribution in [2.24, 2.45) is 7.05 Å². The van der Waals surface area contributed by atoms with Gasteiger partial charge in [0.2, 0.25) is 0 Å². The van der Waals surface area contributed by atoms with Gasteiger partial charge in [-0.1, -0.05) is 24.3 Å². The predicted octanol–water partition coefficient (Wildman–Crippen LogP) is 3.66. The maximum atomic E-state index is 15.4. The average molecular weight is 553 g/mol. The first kappa shape index (κ1) is 25.3. The van der Waals surface area contributed by atoms with E-state index in [1.807, 2.05) is 34.9 Å². The molecule has 2 atom stereocenters. The van der Waals surface area contributed by atoms with Gasteiger partial charge in [-0.3, -0.25) is 4.79 Å². The average Bonchev–Trinajstić information content (AvgIpc) is 3.72. The van der Waals surface area contributed by atoms with Crippen LogP contribution >= 0.6 is 0 Å². The molecule has 0 bridgehead atoms. The van der Waals surface area contributed by atoms with Gasteiger partial charge in [0.1, 0.15) is 17.2 Å². The number of aryl methyl sites for hydroxylation is 1. The summed E-state index contributed by atoms with van der Waals surface area (Å²) in [7, 11) is 1.71. The minimum absolute atomic E-state index is 0.102. The Bertz CT molecular complexity index is 1800. The number of anilines is 1. The van der Waals surface area contributed by atoms with Gasteiger partial charge in [-0.25, -0.2) is 13.9 Å². The van der Waals surface area contributed by atoms with Gasteiger partial charge in [-0.05, 0) is 55.2 Å². The van der Waals surface area contributed by atoms with Crippen molar-refractivity contribution in [1.82, 2.24) is 34.5 Å². The second-order valence-corrected chi connectivity index (χ2v) is 10.7. The summed E-state index contributed by atoms with van der Waals surface area (Å²) in [5.74, 6) is -0.615. The lowest BCUT2D eigenvalue weighted by atomic mass is 9.93. The fraction of sp³-hybridized carbons (Fsp3) is 0.300. The predicted molar refractivity (Wildman–Crippen MR) is 151 cm³/mol. The third-order valence-electron chi connectivity index (χ3n) is 8.12. The molecular formula is C30H29FN8O2. The number of aliphatic hydroxyl groups excluding tert-OH is 1. The third-order valence-corrected chi connectivity index (χ3v) is 8.12. The normalized spacial score (nSPS) is 18.7. The number of carbonyl (C=O) groups is 1. The minimum Gasteiger partial charge on any atom is -0.391 e. The molecule has 2 aromatic carbocycles. The summed E-state index contributed by atoms with van der Waals surface area (Å²) < 4.78 is 17.0. The van der Waals surface area contributed by atoms with Crippen molar-refractivity contribution >= 4 is 17.2 Å². The lowest BCUT2D eigenvalue weighted by Crippen LogP contribution is -2.39. The monoisotopic (exact) mass is 552 g/mol. The number of halogens is 1. The van der Waals surface area contributed by atoms with Gasteiger partial charge in [0.25, 0.3) is 5.91 Å². The highest BCUT2D eigenvalue weighted by atomic mass is 19.1. The first-order valence-corrected chi connectivity index (χ1v) is 13.7. The Morgan fingerprint density at radius 2 is 1.90 bits per heavy atom. The Labute approximate surface area is 235 Å². The molecule has 0 saturated carbocycles. The van der Waals surface area contributed by atoms with Gasteiger partial charge in [0, 0.05) is 44.0 Å². The number of carbonyl (C=O) groups excluding carboxylic acids is 1. The van der Waals surface area contributed by atoms with Crippen molar-refractivity contribution in [2.75, 3.05) is 24.5 Å². The number of nitrogens with zero attached hydrogens (tertiary/aromatic N) is 8. The van der Waals surface area contributed by atoms with Crippen LogP contribution in [0.5, 0.6) is 0 Å². The fourth-order valence-corrected chi connectivity index (χ4v) is 5.94. The smallest absolute Gasteiger partial charge is 0.273 e. The maximum Gasteiger partial charge on any atom is 0.273 e. The topological polar surface area (TPSA) is 105 Å². The number of aliphatic hydroxyl groups is 1. The van der Waals surface area contributed by atoms with Crippen molar-refractivity contribution < 1.29 is 14.3 Å². The molecule has 1 saturated heterocycles. The van der Waals surface area contributed by atoms with Crippen LogP contribution in [0.2, 0.25) is 0 Å². The summed E-state index contributed by atoms with van der Waals surface area (Å²) in [5, 5.41) is 23.2. The molecule has 5 heterocycles. The largest absolute Gasteiger partial charge is 0.391 e. The number of benzene rings is 2. The molecule has 41 heavy (non-hydrogen) atoms. The molecule has 10 nitrogen and oxygen atoms in total. The van der Waals surface area contributed by atoms with Crippen molar-refractivity contribution in [2.45, 2.75) is 31.9 Å². The molecule has 5 aromatic rings. The Balaban J connectivity index is 1.29. The number of hydrogen-bond acceptors (Lipinski definition) is 7. The standard InChI is InChI=1S/C30H29FN8O2/c1-18-22-6-4-3-5-19(22)9-12-38(18)30(41)26-14-28(27-16-32-36(2)34-27)39-29(33-26)15-25(35-39)23-8-7-20(13-24(23)31)37-11-10-21(40)17-37/h3-8,13-16,18,21,40H,9-12,17H2,1-2H3/t18-,21+/m1/s1. The third kappa shape index (κ3) is 4.42. The van der Waals surface area contributed by atoms with Crippen LogP contribution in [0.3, 0.4) is 0 Å². The number of rotatable bonds is 4. The molecule has 7 rings (SSSR count). The van der Waals surface area contributed by atoms with Crippen LogP contribution in [-0.2, 0) is 13.5 Å². The van der Waals surface area contributed by atoms with Crippen molar-refractivity contribution in [3.63, 3.8) is 0 Å². The van der Waals surface area contributed by atoms with Crippen LogP contribution in [0.1, 0.15) is 41.0 Å². The molecule has 208 valence electrons. The first-order valence-electron chi connectivity index (χ1n) is 13.7. The summed E-state index contributed by atoms with van der Waals surface area (Å²) >= 11 is 0. The van der Waals surface area contributed by atoms with E-state index < -0.39 is 11.9 Å². The Kier molecular flexibility index (Phi) is 6.04. The van der Waals surface area contributed by atoms with E-state index in [2.05, 4.69) is 27.4 Å². The van der Waals surface area contributed by atoms with Gasteiger partial charge in [-0.15, -0.1) is 0 Å². The van der Waals surface area contributed by atoms with E-state index in [9.17, 15) is 9.90 Å². The molecule has 1 fully saturated rings. The van der Waals surface area contributed by atoms with Crippen molar-refractivity contribution in [1.29, 1.82) is 0 Å². The second kappa shape index (κ2) is 9.77. The Hall–Kier alpha value is -4.64. The van der Waals surface area contributed by atoms with E-state index in [0.717, 1.165) is 17.7 Å². The lowest BCUT2D eigenvalue weighted by molar-refractivity contribution is 0.0672. The molecule has 0 aliphatic carbocycles. The molecule has 1 amide bonds. The molecule has 0 unspecified atom stereocenters. The maximum absolute atomic E-state index is 15.4.